The van der Waals surface area contributed by atoms with Gasteiger partial charge >= 0.3 is 0 Å². The Kier molecular flexibility index (Phi) is 4.31. The first kappa shape index (κ1) is 17.7. The number of hydrogen-bond acceptors (Lipinski definition) is 5. The molecular formula is C18H16N2O5S. The lowest BCUT2D eigenvalue weighted by Crippen LogP contribution is -2.14. The van der Waals surface area contributed by atoms with Crippen LogP contribution in [0.5, 0.6) is 5.75 Å². The molecule has 0 saturated carbocycles. The number of nitrogen functional groups attached to an aromatic ring is 1. The highest BCUT2D eigenvalue weighted by atomic mass is 32.2. The van der Waals surface area contributed by atoms with Gasteiger partial charge in [0.2, 0.25) is 0 Å². The van der Waals surface area contributed by atoms with Crippen LogP contribution in [0.3, 0.4) is 0 Å². The zero-order chi connectivity index (χ0) is 19.1. The second-order valence-corrected chi connectivity index (χ2v) is 7.32. The number of aromatic hydroxyl groups is 1. The van der Waals surface area contributed by atoms with E-state index in [0.717, 1.165) is 5.56 Å². The predicted octanol–water partition coefficient (Wildman–Crippen LogP) is 2.94. The largest absolute Gasteiger partial charge is 0.508 e. The standard InChI is InChI=1S/C18H16N2O5S/c1-10-2-4-15(16(19)6-10)18(22)20-17-9-12(21)7-11-8-13(26(23,24)25)3-5-14(11)17/h2-9,21H,19H2,1H3,(H,20,22)(H,23,24,25). The maximum absolute atomic E-state index is 12.5. The minimum absolute atomic E-state index is 0.169. The van der Waals surface area contributed by atoms with Crippen LogP contribution in [0.2, 0.25) is 0 Å². The number of phenolic OH excluding ortho intramolecular Hbond substituents is 1. The third kappa shape index (κ3) is 3.46. The summed E-state index contributed by atoms with van der Waals surface area (Å²) < 4.78 is 31.7. The van der Waals surface area contributed by atoms with Crippen molar-refractivity contribution >= 4 is 38.2 Å². The summed E-state index contributed by atoms with van der Waals surface area (Å²) in [6, 6.07) is 11.6. The van der Waals surface area contributed by atoms with Gasteiger partial charge in [0, 0.05) is 17.1 Å². The molecule has 5 N–H and O–H groups in total. The van der Waals surface area contributed by atoms with Crippen molar-refractivity contribution in [3.05, 3.63) is 59.7 Å². The average Bonchev–Trinajstić information content (AvgIpc) is 2.53. The summed E-state index contributed by atoms with van der Waals surface area (Å²) in [7, 11) is -4.38. The van der Waals surface area contributed by atoms with E-state index in [2.05, 4.69) is 5.32 Å². The van der Waals surface area contributed by atoms with E-state index in [-0.39, 0.29) is 21.9 Å². The van der Waals surface area contributed by atoms with Crippen LogP contribution in [0.15, 0.2) is 53.4 Å². The molecule has 8 heteroatoms. The summed E-state index contributed by atoms with van der Waals surface area (Å²) in [5.41, 5.74) is 7.68. The van der Waals surface area contributed by atoms with E-state index in [1.165, 1.54) is 30.3 Å². The van der Waals surface area contributed by atoms with E-state index < -0.39 is 16.0 Å². The lowest BCUT2D eigenvalue weighted by Gasteiger charge is -2.12. The van der Waals surface area contributed by atoms with Crippen LogP contribution in [-0.4, -0.2) is 24.0 Å². The van der Waals surface area contributed by atoms with Crippen molar-refractivity contribution in [2.45, 2.75) is 11.8 Å². The van der Waals surface area contributed by atoms with E-state index in [0.29, 0.717) is 16.5 Å². The highest BCUT2D eigenvalue weighted by molar-refractivity contribution is 7.85. The Morgan fingerprint density at radius 1 is 1.08 bits per heavy atom. The first-order valence-electron chi connectivity index (χ1n) is 7.57. The summed E-state index contributed by atoms with van der Waals surface area (Å²) in [5, 5.41) is 13.4. The fourth-order valence-corrected chi connectivity index (χ4v) is 3.19. The number of hydrogen-bond donors (Lipinski definition) is 4. The maximum Gasteiger partial charge on any atom is 0.294 e. The summed E-state index contributed by atoms with van der Waals surface area (Å²) in [4.78, 5) is 12.2. The van der Waals surface area contributed by atoms with Crippen molar-refractivity contribution < 1.29 is 22.9 Å². The number of carbonyl (C=O) groups is 1. The fourth-order valence-electron chi connectivity index (χ4n) is 2.67. The van der Waals surface area contributed by atoms with Gasteiger partial charge in [0.05, 0.1) is 16.1 Å². The van der Waals surface area contributed by atoms with Crippen LogP contribution >= 0.6 is 0 Å². The molecule has 0 unspecified atom stereocenters. The highest BCUT2D eigenvalue weighted by Crippen LogP contribution is 2.31. The van der Waals surface area contributed by atoms with E-state index in [1.54, 1.807) is 18.2 Å². The molecule has 0 radical (unpaired) electrons. The first-order valence-corrected chi connectivity index (χ1v) is 9.01. The smallest absolute Gasteiger partial charge is 0.294 e. The van der Waals surface area contributed by atoms with Gasteiger partial charge in [0.25, 0.3) is 16.0 Å². The number of rotatable bonds is 3. The number of aryl methyl sites for hydroxylation is 1. The van der Waals surface area contributed by atoms with Crippen molar-refractivity contribution in [1.82, 2.24) is 0 Å². The van der Waals surface area contributed by atoms with Crippen LogP contribution < -0.4 is 11.1 Å². The predicted molar refractivity (Wildman–Crippen MR) is 99.0 cm³/mol. The molecule has 1 amide bonds. The van der Waals surface area contributed by atoms with Gasteiger partial charge in [-0.25, -0.2) is 0 Å². The van der Waals surface area contributed by atoms with Crippen molar-refractivity contribution in [3.8, 4) is 5.75 Å². The summed E-state index contributed by atoms with van der Waals surface area (Å²) in [5.74, 6) is -0.634. The number of carbonyl (C=O) groups excluding carboxylic acids is 1. The molecule has 0 aliphatic heterocycles. The lowest BCUT2D eigenvalue weighted by atomic mass is 10.1. The Morgan fingerprint density at radius 3 is 2.46 bits per heavy atom. The zero-order valence-corrected chi connectivity index (χ0v) is 14.5. The molecule has 0 heterocycles. The van der Waals surface area contributed by atoms with Gasteiger partial charge in [0.15, 0.2) is 0 Å². The molecule has 0 bridgehead atoms. The molecule has 3 rings (SSSR count). The van der Waals surface area contributed by atoms with Gasteiger partial charge in [-0.2, -0.15) is 8.42 Å². The van der Waals surface area contributed by atoms with Crippen LogP contribution in [-0.2, 0) is 10.1 Å². The Bertz CT molecular complexity index is 1140. The van der Waals surface area contributed by atoms with E-state index in [1.807, 2.05) is 6.92 Å². The average molecular weight is 372 g/mol. The zero-order valence-electron chi connectivity index (χ0n) is 13.7. The van der Waals surface area contributed by atoms with E-state index >= 15 is 0 Å². The molecule has 0 aliphatic carbocycles. The normalized spacial score (nSPS) is 11.5. The lowest BCUT2D eigenvalue weighted by molar-refractivity contribution is 0.102. The molecule has 0 atom stereocenters. The molecule has 3 aromatic carbocycles. The van der Waals surface area contributed by atoms with Gasteiger partial charge in [-0.1, -0.05) is 12.1 Å². The van der Waals surface area contributed by atoms with Crippen LogP contribution in [0.4, 0.5) is 11.4 Å². The third-order valence-corrected chi connectivity index (χ3v) is 4.76. The number of fused-ring (bicyclic) bond motifs is 1. The van der Waals surface area contributed by atoms with E-state index in [4.69, 9.17) is 10.3 Å². The Hall–Kier alpha value is -3.10. The quantitative estimate of drug-likeness (QED) is 0.413. The highest BCUT2D eigenvalue weighted by Gasteiger charge is 2.15. The monoisotopic (exact) mass is 372 g/mol. The number of nitrogens with one attached hydrogen (secondary N) is 1. The molecule has 0 saturated heterocycles. The molecule has 134 valence electrons. The number of nitrogens with two attached hydrogens (primary N) is 1. The number of benzene rings is 3. The second kappa shape index (κ2) is 6.32. The Balaban J connectivity index is 2.06. The first-order chi connectivity index (χ1) is 12.1. The number of anilines is 2. The second-order valence-electron chi connectivity index (χ2n) is 5.90. The molecule has 0 aromatic heterocycles. The molecule has 3 aromatic rings. The SMILES string of the molecule is Cc1ccc(C(=O)Nc2cc(O)cc3cc(S(=O)(=O)O)ccc23)c(N)c1. The summed E-state index contributed by atoms with van der Waals surface area (Å²) in [6.45, 7) is 1.85. The Morgan fingerprint density at radius 2 is 1.81 bits per heavy atom. The molecule has 0 fully saturated rings. The minimum atomic E-state index is -4.38. The van der Waals surface area contributed by atoms with Gasteiger partial charge < -0.3 is 16.2 Å². The number of amides is 1. The number of phenols is 1. The van der Waals surface area contributed by atoms with E-state index in [9.17, 15) is 18.3 Å². The van der Waals surface area contributed by atoms with Crippen molar-refractivity contribution in [1.29, 1.82) is 0 Å². The van der Waals surface area contributed by atoms with Gasteiger partial charge in [-0.05, 0) is 48.2 Å². The molecular weight excluding hydrogens is 356 g/mol. The fraction of sp³-hybridized carbons (Fsp3) is 0.0556. The van der Waals surface area contributed by atoms with Crippen molar-refractivity contribution in [3.63, 3.8) is 0 Å². The van der Waals surface area contributed by atoms with Gasteiger partial charge in [0.1, 0.15) is 5.75 Å². The Labute approximate surface area is 149 Å². The minimum Gasteiger partial charge on any atom is -0.508 e. The molecule has 0 spiro atoms. The summed E-state index contributed by atoms with van der Waals surface area (Å²) >= 11 is 0. The van der Waals surface area contributed by atoms with Crippen LogP contribution in [0, 0.1) is 6.92 Å². The van der Waals surface area contributed by atoms with Gasteiger partial charge in [-0.15, -0.1) is 0 Å². The molecule has 7 nitrogen and oxygen atoms in total. The van der Waals surface area contributed by atoms with Gasteiger partial charge in [-0.3, -0.25) is 9.35 Å². The third-order valence-electron chi connectivity index (χ3n) is 3.91. The molecule has 0 aliphatic rings. The van der Waals surface area contributed by atoms with Crippen LogP contribution in [0.25, 0.3) is 10.8 Å². The maximum atomic E-state index is 12.5. The summed E-state index contributed by atoms with van der Waals surface area (Å²) in [6.07, 6.45) is 0. The van der Waals surface area contributed by atoms with Crippen molar-refractivity contribution in [2.75, 3.05) is 11.1 Å². The molecule has 26 heavy (non-hydrogen) atoms. The topological polar surface area (TPSA) is 130 Å². The van der Waals surface area contributed by atoms with Crippen LogP contribution in [0.1, 0.15) is 15.9 Å². The van der Waals surface area contributed by atoms with Crippen molar-refractivity contribution in [2.24, 2.45) is 0 Å².